The summed E-state index contributed by atoms with van der Waals surface area (Å²) >= 11 is 5.87. The first-order valence-electron chi connectivity index (χ1n) is 5.93. The summed E-state index contributed by atoms with van der Waals surface area (Å²) in [4.78, 5) is 13.8. The van der Waals surface area contributed by atoms with Crippen LogP contribution in [0.5, 0.6) is 0 Å². The molecule has 0 aliphatic carbocycles. The van der Waals surface area contributed by atoms with Gasteiger partial charge in [0.1, 0.15) is 6.17 Å². The van der Waals surface area contributed by atoms with Gasteiger partial charge in [0.25, 0.3) is 0 Å². The van der Waals surface area contributed by atoms with Gasteiger partial charge < -0.3 is 4.90 Å². The van der Waals surface area contributed by atoms with Crippen molar-refractivity contribution in [1.82, 2.24) is 10.2 Å². The lowest BCUT2D eigenvalue weighted by molar-refractivity contribution is -0.130. The molecule has 1 aliphatic heterocycles. The van der Waals surface area contributed by atoms with E-state index in [2.05, 4.69) is 19.2 Å². The molecular formula is C13H17ClN2O. The maximum atomic E-state index is 11.9. The Morgan fingerprint density at radius 3 is 2.71 bits per heavy atom. The quantitative estimate of drug-likeness (QED) is 0.897. The molecule has 2 unspecified atom stereocenters. The highest BCUT2D eigenvalue weighted by molar-refractivity contribution is 6.30. The normalized spacial score (nSPS) is 21.9. The van der Waals surface area contributed by atoms with E-state index in [-0.39, 0.29) is 18.1 Å². The first kappa shape index (κ1) is 12.4. The molecule has 3 nitrogen and oxygen atoms in total. The van der Waals surface area contributed by atoms with E-state index in [0.717, 1.165) is 12.0 Å². The summed E-state index contributed by atoms with van der Waals surface area (Å²) in [6, 6.07) is 7.90. The molecule has 1 aromatic carbocycles. The fourth-order valence-corrected chi connectivity index (χ4v) is 2.26. The molecule has 1 aromatic rings. The van der Waals surface area contributed by atoms with Gasteiger partial charge in [0.15, 0.2) is 0 Å². The third-order valence-corrected chi connectivity index (χ3v) is 3.52. The van der Waals surface area contributed by atoms with Crippen molar-refractivity contribution >= 4 is 17.5 Å². The average molecular weight is 253 g/mol. The van der Waals surface area contributed by atoms with E-state index in [1.54, 1.807) is 0 Å². The van der Waals surface area contributed by atoms with Crippen molar-refractivity contribution in [1.29, 1.82) is 0 Å². The van der Waals surface area contributed by atoms with Crippen LogP contribution >= 0.6 is 11.6 Å². The molecule has 1 N–H and O–H groups in total. The summed E-state index contributed by atoms with van der Waals surface area (Å²) in [5.74, 6) is 0.166. The number of hydrogen-bond acceptors (Lipinski definition) is 2. The highest BCUT2D eigenvalue weighted by Crippen LogP contribution is 2.26. The molecule has 0 radical (unpaired) electrons. The predicted molar refractivity (Wildman–Crippen MR) is 68.8 cm³/mol. The van der Waals surface area contributed by atoms with Crippen LogP contribution in [0.3, 0.4) is 0 Å². The van der Waals surface area contributed by atoms with E-state index in [0.29, 0.717) is 11.6 Å². The number of nitrogens with one attached hydrogen (secondary N) is 1. The largest absolute Gasteiger partial charge is 0.319 e. The number of halogens is 1. The fraction of sp³-hybridized carbons (Fsp3) is 0.462. The second kappa shape index (κ2) is 5.07. The van der Waals surface area contributed by atoms with Gasteiger partial charge in [0.05, 0.1) is 6.54 Å². The number of hydrogen-bond donors (Lipinski definition) is 1. The second-order valence-electron chi connectivity index (χ2n) is 4.39. The lowest BCUT2D eigenvalue weighted by Gasteiger charge is -2.30. The van der Waals surface area contributed by atoms with Crippen molar-refractivity contribution in [3.63, 3.8) is 0 Å². The monoisotopic (exact) mass is 252 g/mol. The molecule has 1 aliphatic rings. The summed E-state index contributed by atoms with van der Waals surface area (Å²) in [6.45, 7) is 4.58. The zero-order chi connectivity index (χ0) is 12.4. The van der Waals surface area contributed by atoms with Gasteiger partial charge in [0.2, 0.25) is 5.91 Å². The van der Waals surface area contributed by atoms with E-state index < -0.39 is 0 Å². The van der Waals surface area contributed by atoms with Gasteiger partial charge >= 0.3 is 0 Å². The summed E-state index contributed by atoms with van der Waals surface area (Å²) < 4.78 is 0. The van der Waals surface area contributed by atoms with Crippen LogP contribution in [0.15, 0.2) is 24.3 Å². The smallest absolute Gasteiger partial charge is 0.238 e. The standard InChI is InChI=1S/C13H17ClN2O/c1-3-9(2)16-12(17)8-15-13(16)10-4-6-11(14)7-5-10/h4-7,9,13,15H,3,8H2,1-2H3. The van der Waals surface area contributed by atoms with Crippen molar-refractivity contribution < 1.29 is 4.79 Å². The minimum Gasteiger partial charge on any atom is -0.319 e. The zero-order valence-electron chi connectivity index (χ0n) is 10.1. The Labute approximate surface area is 107 Å². The maximum Gasteiger partial charge on any atom is 0.238 e. The molecule has 1 saturated heterocycles. The van der Waals surface area contributed by atoms with E-state index in [4.69, 9.17) is 11.6 Å². The third-order valence-electron chi connectivity index (χ3n) is 3.26. The number of carbonyl (C=O) groups is 1. The van der Waals surface area contributed by atoms with Crippen molar-refractivity contribution in [3.8, 4) is 0 Å². The number of carbonyl (C=O) groups excluding carboxylic acids is 1. The number of rotatable bonds is 3. The molecule has 0 spiro atoms. The van der Waals surface area contributed by atoms with Gasteiger partial charge in [-0.3, -0.25) is 10.1 Å². The molecule has 1 fully saturated rings. The van der Waals surface area contributed by atoms with Crippen molar-refractivity contribution in [2.45, 2.75) is 32.5 Å². The third kappa shape index (κ3) is 2.45. The summed E-state index contributed by atoms with van der Waals surface area (Å²) in [7, 11) is 0. The predicted octanol–water partition coefficient (Wildman–Crippen LogP) is 2.57. The van der Waals surface area contributed by atoms with Crippen LogP contribution in [0.2, 0.25) is 5.02 Å². The Morgan fingerprint density at radius 2 is 2.12 bits per heavy atom. The van der Waals surface area contributed by atoms with Gasteiger partial charge in [-0.05, 0) is 31.0 Å². The summed E-state index contributed by atoms with van der Waals surface area (Å²) in [5, 5.41) is 3.96. The fourth-order valence-electron chi connectivity index (χ4n) is 2.14. The topological polar surface area (TPSA) is 32.3 Å². The van der Waals surface area contributed by atoms with E-state index >= 15 is 0 Å². The first-order chi connectivity index (χ1) is 8.13. The molecule has 17 heavy (non-hydrogen) atoms. The van der Waals surface area contributed by atoms with Gasteiger partial charge in [-0.1, -0.05) is 30.7 Å². The highest BCUT2D eigenvalue weighted by atomic mass is 35.5. The Balaban J connectivity index is 2.25. The van der Waals surface area contributed by atoms with Crippen LogP contribution in [0.25, 0.3) is 0 Å². The first-order valence-corrected chi connectivity index (χ1v) is 6.31. The number of benzene rings is 1. The summed E-state index contributed by atoms with van der Waals surface area (Å²) in [6.07, 6.45) is 0.937. The van der Waals surface area contributed by atoms with E-state index in [1.807, 2.05) is 29.2 Å². The Kier molecular flexibility index (Phi) is 3.69. The molecule has 2 atom stereocenters. The van der Waals surface area contributed by atoms with Crippen LogP contribution in [0.4, 0.5) is 0 Å². The second-order valence-corrected chi connectivity index (χ2v) is 4.83. The Hall–Kier alpha value is -1.06. The van der Waals surface area contributed by atoms with E-state index in [1.165, 1.54) is 0 Å². The van der Waals surface area contributed by atoms with Crippen LogP contribution in [-0.4, -0.2) is 23.4 Å². The molecule has 0 saturated carbocycles. The van der Waals surface area contributed by atoms with Crippen molar-refractivity contribution in [2.24, 2.45) is 0 Å². The number of nitrogens with zero attached hydrogens (tertiary/aromatic N) is 1. The van der Waals surface area contributed by atoms with Crippen molar-refractivity contribution in [2.75, 3.05) is 6.54 Å². The molecule has 1 amide bonds. The lowest BCUT2D eigenvalue weighted by Crippen LogP contribution is -2.37. The SMILES string of the molecule is CCC(C)N1C(=O)CNC1c1ccc(Cl)cc1. The lowest BCUT2D eigenvalue weighted by atomic mass is 10.1. The maximum absolute atomic E-state index is 11.9. The molecule has 4 heteroatoms. The zero-order valence-corrected chi connectivity index (χ0v) is 10.9. The van der Waals surface area contributed by atoms with Gasteiger partial charge in [0, 0.05) is 11.1 Å². The molecular weight excluding hydrogens is 236 g/mol. The average Bonchev–Trinajstić information content (AvgIpc) is 2.71. The van der Waals surface area contributed by atoms with Crippen molar-refractivity contribution in [3.05, 3.63) is 34.9 Å². The van der Waals surface area contributed by atoms with E-state index in [9.17, 15) is 4.79 Å². The van der Waals surface area contributed by atoms with Gasteiger partial charge in [-0.2, -0.15) is 0 Å². The van der Waals surface area contributed by atoms with Gasteiger partial charge in [-0.25, -0.2) is 0 Å². The molecule has 1 heterocycles. The minimum absolute atomic E-state index is 0.0188. The Morgan fingerprint density at radius 1 is 1.47 bits per heavy atom. The summed E-state index contributed by atoms with van der Waals surface area (Å²) in [5.41, 5.74) is 1.08. The molecule has 2 rings (SSSR count). The van der Waals surface area contributed by atoms with Crippen LogP contribution in [0, 0.1) is 0 Å². The van der Waals surface area contributed by atoms with Crippen LogP contribution in [-0.2, 0) is 4.79 Å². The van der Waals surface area contributed by atoms with Crippen LogP contribution < -0.4 is 5.32 Å². The molecule has 0 bridgehead atoms. The molecule has 0 aromatic heterocycles. The minimum atomic E-state index is -0.0188. The van der Waals surface area contributed by atoms with Crippen LogP contribution in [0.1, 0.15) is 32.0 Å². The van der Waals surface area contributed by atoms with Gasteiger partial charge in [-0.15, -0.1) is 0 Å². The highest BCUT2D eigenvalue weighted by Gasteiger charge is 2.34. The Bertz CT molecular complexity index is 404. The molecule has 92 valence electrons. The number of amides is 1.